The molecule has 0 saturated heterocycles. The van der Waals surface area contributed by atoms with Crippen LogP contribution in [-0.2, 0) is 0 Å². The first-order valence-electron chi connectivity index (χ1n) is 1.64. The summed E-state index contributed by atoms with van der Waals surface area (Å²) in [6.07, 6.45) is 1.61. The normalized spacial score (nSPS) is 7.43. The number of aromatic amines is 1. The summed E-state index contributed by atoms with van der Waals surface area (Å²) in [4.78, 5) is 0. The third-order valence-electron chi connectivity index (χ3n) is 0.522. The summed E-state index contributed by atoms with van der Waals surface area (Å²) in [6.45, 7) is 0. The molecular formula is C3H4BKN2. The van der Waals surface area contributed by atoms with Crippen LogP contribution in [0.3, 0.4) is 0 Å². The average molecular weight is 118 g/mol. The van der Waals surface area contributed by atoms with Crippen molar-refractivity contribution in [3.05, 3.63) is 12.3 Å². The molecule has 0 bridgehead atoms. The van der Waals surface area contributed by atoms with Gasteiger partial charge in [-0.05, 0) is 11.7 Å². The summed E-state index contributed by atoms with van der Waals surface area (Å²) >= 11 is 0. The maximum atomic E-state index is 5.16. The zero-order valence-electron chi connectivity index (χ0n) is 5.18. The van der Waals surface area contributed by atoms with Gasteiger partial charge < -0.3 is 1.43 Å². The molecule has 0 aliphatic carbocycles. The smallest absolute Gasteiger partial charge is 1.00 e. The summed E-state index contributed by atoms with van der Waals surface area (Å²) in [5, 5.41) is 6.10. The Kier molecular flexibility index (Phi) is 4.36. The molecule has 0 aliphatic heterocycles. The van der Waals surface area contributed by atoms with E-state index in [1.54, 1.807) is 12.3 Å². The summed E-state index contributed by atoms with van der Waals surface area (Å²) in [7, 11) is 5.16. The third-order valence-corrected chi connectivity index (χ3v) is 0.522. The van der Waals surface area contributed by atoms with Gasteiger partial charge in [-0.25, -0.2) is 0 Å². The molecule has 1 rings (SSSR count). The number of H-pyrrole nitrogens is 1. The molecule has 2 nitrogen and oxygen atoms in total. The SMILES string of the molecule is [B]c1ccn[nH]1.[H-].[K+]. The molecule has 30 valence electrons. The fourth-order valence-electron chi connectivity index (χ4n) is 0.267. The van der Waals surface area contributed by atoms with Gasteiger partial charge in [-0.2, -0.15) is 5.10 Å². The van der Waals surface area contributed by atoms with E-state index in [4.69, 9.17) is 7.85 Å². The van der Waals surface area contributed by atoms with Crippen molar-refractivity contribution in [2.24, 2.45) is 0 Å². The molecule has 1 aromatic rings. The predicted molar refractivity (Wildman–Crippen MR) is 25.1 cm³/mol. The van der Waals surface area contributed by atoms with E-state index in [-0.39, 0.29) is 52.8 Å². The van der Waals surface area contributed by atoms with Crippen molar-refractivity contribution >= 4 is 13.4 Å². The van der Waals surface area contributed by atoms with E-state index in [2.05, 4.69) is 10.2 Å². The number of aromatic nitrogens is 2. The standard InChI is InChI=1S/C3H3BN2.K.H/c4-3-1-2-5-6-3;;/h1-2H,(H,5,6);;/q;+1;-1. The van der Waals surface area contributed by atoms with Crippen LogP contribution in [0.1, 0.15) is 1.43 Å². The molecule has 1 heterocycles. The molecule has 0 unspecified atom stereocenters. The summed E-state index contributed by atoms with van der Waals surface area (Å²) < 4.78 is 0. The van der Waals surface area contributed by atoms with Gasteiger partial charge in [-0.1, -0.05) is 0 Å². The Labute approximate surface area is 87.4 Å². The van der Waals surface area contributed by atoms with Crippen LogP contribution in [0.5, 0.6) is 0 Å². The topological polar surface area (TPSA) is 28.7 Å². The Morgan fingerprint density at radius 2 is 2.57 bits per heavy atom. The van der Waals surface area contributed by atoms with Crippen molar-refractivity contribution in [1.29, 1.82) is 0 Å². The minimum atomic E-state index is 0. The molecule has 7 heavy (non-hydrogen) atoms. The first-order chi connectivity index (χ1) is 2.89. The number of rotatable bonds is 0. The molecule has 4 heteroatoms. The predicted octanol–water partition coefficient (Wildman–Crippen LogP) is -3.68. The zero-order valence-corrected chi connectivity index (χ0v) is 7.30. The van der Waals surface area contributed by atoms with Gasteiger partial charge in [-0.15, -0.1) is 0 Å². The summed E-state index contributed by atoms with van der Waals surface area (Å²) in [5.41, 5.74) is 0.606. The van der Waals surface area contributed by atoms with Crippen molar-refractivity contribution in [3.63, 3.8) is 0 Å². The molecule has 1 N–H and O–H groups in total. The van der Waals surface area contributed by atoms with Crippen LogP contribution in [0.2, 0.25) is 0 Å². The molecule has 0 saturated carbocycles. The van der Waals surface area contributed by atoms with Gasteiger partial charge >= 0.3 is 51.4 Å². The number of hydrogen-bond acceptors (Lipinski definition) is 1. The Hall–Kier alpha value is 0.911. The van der Waals surface area contributed by atoms with Gasteiger partial charge in [-0.3, -0.25) is 5.10 Å². The van der Waals surface area contributed by atoms with Gasteiger partial charge in [0.2, 0.25) is 0 Å². The minimum absolute atomic E-state index is 0. The molecule has 0 fully saturated rings. The van der Waals surface area contributed by atoms with E-state index in [9.17, 15) is 0 Å². The van der Waals surface area contributed by atoms with E-state index in [0.717, 1.165) is 0 Å². The fraction of sp³-hybridized carbons (Fsp3) is 0. The zero-order chi connectivity index (χ0) is 4.41. The molecule has 0 aromatic carbocycles. The molecule has 0 spiro atoms. The second kappa shape index (κ2) is 3.86. The van der Waals surface area contributed by atoms with Crippen LogP contribution < -0.4 is 57.0 Å². The number of hydrogen-bond donors (Lipinski definition) is 1. The Morgan fingerprint density at radius 3 is 2.71 bits per heavy atom. The fourth-order valence-corrected chi connectivity index (χ4v) is 0.267. The van der Waals surface area contributed by atoms with E-state index in [1.807, 2.05) is 0 Å². The van der Waals surface area contributed by atoms with E-state index in [1.165, 1.54) is 0 Å². The van der Waals surface area contributed by atoms with Crippen LogP contribution in [0.15, 0.2) is 12.3 Å². The van der Waals surface area contributed by atoms with E-state index >= 15 is 0 Å². The van der Waals surface area contributed by atoms with Crippen LogP contribution >= 0.6 is 0 Å². The average Bonchev–Trinajstić information content (AvgIpc) is 1.86. The van der Waals surface area contributed by atoms with Gasteiger partial charge in [0.05, 0.1) is 0 Å². The summed E-state index contributed by atoms with van der Waals surface area (Å²) in [5.74, 6) is 0. The largest absolute Gasteiger partial charge is 1.00 e. The minimum Gasteiger partial charge on any atom is -1.00 e. The number of nitrogens with zero attached hydrogens (tertiary/aromatic N) is 1. The number of nitrogens with one attached hydrogen (secondary N) is 1. The van der Waals surface area contributed by atoms with Crippen LogP contribution in [0.25, 0.3) is 0 Å². The van der Waals surface area contributed by atoms with Crippen LogP contribution in [-0.4, -0.2) is 18.0 Å². The first kappa shape index (κ1) is 7.91. The Bertz CT molecular complexity index is 121. The summed E-state index contributed by atoms with van der Waals surface area (Å²) in [6, 6.07) is 1.69. The molecule has 0 amide bonds. The monoisotopic (exact) mass is 118 g/mol. The molecule has 0 atom stereocenters. The maximum absolute atomic E-state index is 5.16. The van der Waals surface area contributed by atoms with Gasteiger partial charge in [0.15, 0.2) is 0 Å². The second-order valence-corrected chi connectivity index (χ2v) is 1.01. The Morgan fingerprint density at radius 1 is 1.86 bits per heavy atom. The quantitative estimate of drug-likeness (QED) is 0.349. The third kappa shape index (κ3) is 2.66. The second-order valence-electron chi connectivity index (χ2n) is 1.01. The Balaban J connectivity index is 0. The molecule has 0 aliphatic rings. The molecule has 1 aromatic heterocycles. The molecular weight excluding hydrogens is 114 g/mol. The van der Waals surface area contributed by atoms with E-state index in [0.29, 0.717) is 5.59 Å². The first-order valence-corrected chi connectivity index (χ1v) is 1.64. The van der Waals surface area contributed by atoms with Gasteiger partial charge in [0, 0.05) is 6.20 Å². The van der Waals surface area contributed by atoms with Crippen molar-refractivity contribution in [2.75, 3.05) is 0 Å². The van der Waals surface area contributed by atoms with Gasteiger partial charge in [0.1, 0.15) is 7.85 Å². The van der Waals surface area contributed by atoms with Crippen LogP contribution in [0, 0.1) is 0 Å². The van der Waals surface area contributed by atoms with Crippen molar-refractivity contribution in [1.82, 2.24) is 10.2 Å². The van der Waals surface area contributed by atoms with Crippen molar-refractivity contribution in [3.8, 4) is 0 Å². The van der Waals surface area contributed by atoms with Gasteiger partial charge in [0.25, 0.3) is 0 Å². The van der Waals surface area contributed by atoms with E-state index < -0.39 is 0 Å². The van der Waals surface area contributed by atoms with Crippen LogP contribution in [0.4, 0.5) is 0 Å². The maximum Gasteiger partial charge on any atom is 1.00 e. The van der Waals surface area contributed by atoms with Crippen molar-refractivity contribution in [2.45, 2.75) is 0 Å². The van der Waals surface area contributed by atoms with Crippen molar-refractivity contribution < 1.29 is 52.8 Å². The molecule has 2 radical (unpaired) electrons.